The highest BCUT2D eigenvalue weighted by atomic mass is 19.4. The number of carbonyl (C=O) groups is 2. The molecule has 136 valence electrons. The van der Waals surface area contributed by atoms with Crippen molar-refractivity contribution >= 4 is 11.7 Å². The third kappa shape index (κ3) is 4.24. The highest BCUT2D eigenvalue weighted by Gasteiger charge is 2.38. The Kier molecular flexibility index (Phi) is 5.40. The predicted octanol–water partition coefficient (Wildman–Crippen LogP) is 2.60. The second kappa shape index (κ2) is 7.35. The van der Waals surface area contributed by atoms with Gasteiger partial charge in [-0.25, -0.2) is 0 Å². The first-order valence-electron chi connectivity index (χ1n) is 7.39. The first-order valence-corrected chi connectivity index (χ1v) is 7.39. The Bertz CT molecular complexity index is 851. The number of rotatable bonds is 5. The van der Waals surface area contributed by atoms with E-state index in [9.17, 15) is 22.8 Å². The molecule has 26 heavy (non-hydrogen) atoms. The number of halogens is 3. The van der Waals surface area contributed by atoms with Gasteiger partial charge in [-0.1, -0.05) is 29.4 Å². The average molecular weight is 366 g/mol. The predicted molar refractivity (Wildman–Crippen MR) is 81.4 cm³/mol. The van der Waals surface area contributed by atoms with Gasteiger partial charge in [0.05, 0.1) is 6.07 Å². The number of hydrogen-bond acceptors (Lipinski definition) is 6. The summed E-state index contributed by atoms with van der Waals surface area (Å²) < 4.78 is 41.6. The molecule has 1 aromatic heterocycles. The van der Waals surface area contributed by atoms with Crippen LogP contribution in [0.25, 0.3) is 11.4 Å². The maximum atomic E-state index is 12.5. The molecular formula is C16H13F3N4O3. The molecule has 0 bridgehead atoms. The summed E-state index contributed by atoms with van der Waals surface area (Å²) in [5.41, 5.74) is 0.236. The van der Waals surface area contributed by atoms with E-state index >= 15 is 0 Å². The minimum absolute atomic E-state index is 0.0544. The van der Waals surface area contributed by atoms with E-state index in [0.29, 0.717) is 0 Å². The fourth-order valence-corrected chi connectivity index (χ4v) is 2.01. The van der Waals surface area contributed by atoms with Gasteiger partial charge in [0.1, 0.15) is 0 Å². The lowest BCUT2D eigenvalue weighted by atomic mass is 9.97. The number of carbonyl (C=O) groups excluding carboxylic acids is 2. The second-order valence-electron chi connectivity index (χ2n) is 5.59. The van der Waals surface area contributed by atoms with Gasteiger partial charge in [-0.15, -0.1) is 0 Å². The highest BCUT2D eigenvalue weighted by Crippen LogP contribution is 2.29. The van der Waals surface area contributed by atoms with Crippen LogP contribution in [0, 0.1) is 17.2 Å². The molecule has 0 aliphatic rings. The van der Waals surface area contributed by atoms with Gasteiger partial charge in [0.2, 0.25) is 11.7 Å². The summed E-state index contributed by atoms with van der Waals surface area (Å²) in [6.07, 6.45) is -4.76. The van der Waals surface area contributed by atoms with E-state index in [0.717, 1.165) is 0 Å². The van der Waals surface area contributed by atoms with Gasteiger partial charge in [-0.05, 0) is 13.8 Å². The van der Waals surface area contributed by atoms with Gasteiger partial charge in [0.15, 0.2) is 11.7 Å². The Balaban J connectivity index is 2.21. The Labute approximate surface area is 145 Å². The lowest BCUT2D eigenvalue weighted by Gasteiger charge is -2.12. The van der Waals surface area contributed by atoms with Crippen molar-refractivity contribution in [2.24, 2.45) is 5.92 Å². The molecule has 0 radical (unpaired) electrons. The first-order chi connectivity index (χ1) is 12.1. The van der Waals surface area contributed by atoms with Crippen molar-refractivity contribution < 1.29 is 27.3 Å². The zero-order chi connectivity index (χ0) is 19.5. The van der Waals surface area contributed by atoms with E-state index in [1.165, 1.54) is 24.3 Å². The van der Waals surface area contributed by atoms with Crippen LogP contribution in [0.3, 0.4) is 0 Å². The van der Waals surface area contributed by atoms with Crippen LogP contribution in [0.4, 0.5) is 13.2 Å². The number of hydrogen-bond donors (Lipinski definition) is 1. The standard InChI is InChI=1S/C16H13F3N4O3/c1-8(2)21-14(25)11(7-20)12(24)9-3-5-10(6-4-9)13-22-15(26-23-13)16(17,18)19/h3-6,8,11H,1-2H3,(H,21,25)/t11-/m0/s1. The summed E-state index contributed by atoms with van der Waals surface area (Å²) in [7, 11) is 0. The van der Waals surface area contributed by atoms with Gasteiger partial charge in [-0.2, -0.15) is 23.4 Å². The van der Waals surface area contributed by atoms with Crippen LogP contribution in [0.2, 0.25) is 0 Å². The molecule has 0 aliphatic carbocycles. The molecule has 2 rings (SSSR count). The summed E-state index contributed by atoms with van der Waals surface area (Å²) >= 11 is 0. The molecule has 0 fully saturated rings. The number of nitrogens with one attached hydrogen (secondary N) is 1. The number of alkyl halides is 3. The van der Waals surface area contributed by atoms with Gasteiger partial charge in [-0.3, -0.25) is 9.59 Å². The van der Waals surface area contributed by atoms with E-state index in [1.54, 1.807) is 19.9 Å². The normalized spacial score (nSPS) is 12.5. The fourth-order valence-electron chi connectivity index (χ4n) is 2.01. The molecule has 0 spiro atoms. The lowest BCUT2D eigenvalue weighted by Crippen LogP contribution is -2.38. The van der Waals surface area contributed by atoms with E-state index in [2.05, 4.69) is 20.0 Å². The number of nitrogens with zero attached hydrogens (tertiary/aromatic N) is 3. The van der Waals surface area contributed by atoms with Crippen molar-refractivity contribution in [1.29, 1.82) is 5.26 Å². The number of Topliss-reactive ketones (excluding diaryl/α,β-unsaturated/α-hetero) is 1. The zero-order valence-corrected chi connectivity index (χ0v) is 13.7. The van der Waals surface area contributed by atoms with Crippen LogP contribution >= 0.6 is 0 Å². The van der Waals surface area contributed by atoms with Crippen molar-refractivity contribution in [3.05, 3.63) is 35.7 Å². The maximum absolute atomic E-state index is 12.5. The Morgan fingerprint density at radius 2 is 1.85 bits per heavy atom. The van der Waals surface area contributed by atoms with Crippen LogP contribution in [0.1, 0.15) is 30.1 Å². The third-order valence-electron chi connectivity index (χ3n) is 3.18. The van der Waals surface area contributed by atoms with Crippen LogP contribution in [0.15, 0.2) is 28.8 Å². The number of amides is 1. The number of nitriles is 1. The van der Waals surface area contributed by atoms with E-state index in [4.69, 9.17) is 5.26 Å². The van der Waals surface area contributed by atoms with Crippen molar-refractivity contribution in [2.75, 3.05) is 0 Å². The topological polar surface area (TPSA) is 109 Å². The van der Waals surface area contributed by atoms with E-state index in [-0.39, 0.29) is 23.0 Å². The summed E-state index contributed by atoms with van der Waals surface area (Å²) in [6.45, 7) is 3.37. The van der Waals surface area contributed by atoms with Crippen LogP contribution in [-0.2, 0) is 11.0 Å². The molecule has 1 aromatic carbocycles. The molecule has 7 nitrogen and oxygen atoms in total. The first kappa shape index (κ1) is 19.1. The van der Waals surface area contributed by atoms with Crippen molar-refractivity contribution in [3.63, 3.8) is 0 Å². The van der Waals surface area contributed by atoms with Crippen molar-refractivity contribution in [2.45, 2.75) is 26.1 Å². The average Bonchev–Trinajstić information content (AvgIpc) is 3.05. The summed E-state index contributed by atoms with van der Waals surface area (Å²) in [4.78, 5) is 27.4. The van der Waals surface area contributed by atoms with Crippen LogP contribution < -0.4 is 5.32 Å². The van der Waals surface area contributed by atoms with Gasteiger partial charge in [0, 0.05) is 17.2 Å². The molecule has 0 saturated carbocycles. The SMILES string of the molecule is CC(C)NC(=O)[C@@H](C#N)C(=O)c1ccc(-c2noc(C(F)(F)F)n2)cc1. The molecular weight excluding hydrogens is 353 g/mol. The maximum Gasteiger partial charge on any atom is 0.471 e. The molecule has 1 amide bonds. The van der Waals surface area contributed by atoms with E-state index < -0.39 is 29.7 Å². The molecule has 1 N–H and O–H groups in total. The lowest BCUT2D eigenvalue weighted by molar-refractivity contribution is -0.159. The minimum atomic E-state index is -4.76. The Morgan fingerprint density at radius 1 is 1.23 bits per heavy atom. The second-order valence-corrected chi connectivity index (χ2v) is 5.59. The fraction of sp³-hybridized carbons (Fsp3) is 0.312. The molecule has 10 heteroatoms. The van der Waals surface area contributed by atoms with E-state index in [1.807, 2.05) is 0 Å². The minimum Gasteiger partial charge on any atom is -0.352 e. The van der Waals surface area contributed by atoms with Gasteiger partial charge < -0.3 is 9.84 Å². The van der Waals surface area contributed by atoms with Crippen molar-refractivity contribution in [3.8, 4) is 17.5 Å². The van der Waals surface area contributed by atoms with Crippen LogP contribution in [-0.4, -0.2) is 27.9 Å². The Morgan fingerprint density at radius 3 is 2.31 bits per heavy atom. The monoisotopic (exact) mass is 366 g/mol. The van der Waals surface area contributed by atoms with Gasteiger partial charge >= 0.3 is 12.1 Å². The molecule has 1 atom stereocenters. The summed E-state index contributed by atoms with van der Waals surface area (Å²) in [6, 6.07) is 6.55. The largest absolute Gasteiger partial charge is 0.471 e. The molecule has 1 heterocycles. The van der Waals surface area contributed by atoms with Crippen molar-refractivity contribution in [1.82, 2.24) is 15.5 Å². The number of ketones is 1. The highest BCUT2D eigenvalue weighted by molar-refractivity contribution is 6.12. The summed E-state index contributed by atoms with van der Waals surface area (Å²) in [5.74, 6) is -4.75. The number of benzene rings is 1. The zero-order valence-electron chi connectivity index (χ0n) is 13.7. The molecule has 0 aliphatic heterocycles. The molecule has 0 unspecified atom stereocenters. The third-order valence-corrected chi connectivity index (χ3v) is 3.18. The molecule has 0 saturated heterocycles. The van der Waals surface area contributed by atoms with Crippen LogP contribution in [0.5, 0.6) is 0 Å². The quantitative estimate of drug-likeness (QED) is 0.643. The smallest absolute Gasteiger partial charge is 0.352 e. The molecule has 2 aromatic rings. The van der Waals surface area contributed by atoms with Gasteiger partial charge in [0.25, 0.3) is 0 Å². The summed E-state index contributed by atoms with van der Waals surface area (Å²) in [5, 5.41) is 14.8. The number of aromatic nitrogens is 2. The Hall–Kier alpha value is -3.22.